The van der Waals surface area contributed by atoms with Gasteiger partial charge in [-0.2, -0.15) is 0 Å². The molecule has 0 radical (unpaired) electrons. The largest absolute Gasteiger partial charge is 0.356 e. The SMILES string of the molecule is [N-]=[N+]=NCCCCC(=O)NC(CC(=O)NCCCCC1CSSC1)C(=O)SCCSC(=O)C(CC(=O)ON1C(=O)CCC1=O)NC(=O)CCCCN=[N+]=[N-]. The smallest absolute Gasteiger partial charge is 0.335 e. The minimum absolute atomic E-state index is 0.0364. The third-order valence-electron chi connectivity index (χ3n) is 7.77. The molecule has 2 atom stereocenters. The number of unbranched alkanes of at least 4 members (excludes halogenated alkanes) is 3. The Morgan fingerprint density at radius 1 is 0.759 bits per heavy atom. The number of hydrogen-bond acceptors (Lipinski definition) is 15. The molecule has 0 saturated carbocycles. The molecule has 2 fully saturated rings. The van der Waals surface area contributed by atoms with E-state index in [2.05, 4.69) is 36.0 Å². The van der Waals surface area contributed by atoms with Crippen LogP contribution in [0.1, 0.15) is 83.5 Å². The van der Waals surface area contributed by atoms with Crippen molar-refractivity contribution in [2.45, 2.75) is 95.6 Å². The average molecular weight is 831 g/mol. The van der Waals surface area contributed by atoms with E-state index in [1.165, 1.54) is 0 Å². The fraction of sp³-hybridized carbons (Fsp3) is 0.742. The Hall–Kier alpha value is -3.62. The number of nitrogens with zero attached hydrogens (tertiary/aromatic N) is 7. The van der Waals surface area contributed by atoms with E-state index in [4.69, 9.17) is 15.9 Å². The van der Waals surface area contributed by atoms with Crippen LogP contribution in [0.3, 0.4) is 0 Å². The van der Waals surface area contributed by atoms with Crippen molar-refractivity contribution >= 4 is 90.8 Å². The molecule has 54 heavy (non-hydrogen) atoms. The number of imide groups is 1. The van der Waals surface area contributed by atoms with Crippen molar-refractivity contribution in [3.8, 4) is 0 Å². The molecule has 0 aliphatic carbocycles. The van der Waals surface area contributed by atoms with Gasteiger partial charge in [-0.05, 0) is 55.5 Å². The van der Waals surface area contributed by atoms with E-state index >= 15 is 0 Å². The molecule has 2 rings (SSSR count). The van der Waals surface area contributed by atoms with Gasteiger partial charge in [0.2, 0.25) is 28.0 Å². The monoisotopic (exact) mass is 830 g/mol. The van der Waals surface area contributed by atoms with Gasteiger partial charge in [-0.25, -0.2) is 4.79 Å². The number of azide groups is 2. The second kappa shape index (κ2) is 27.9. The number of thioether (sulfide) groups is 2. The van der Waals surface area contributed by atoms with Gasteiger partial charge in [-0.1, -0.05) is 61.8 Å². The van der Waals surface area contributed by atoms with E-state index < -0.39 is 64.2 Å². The maximum Gasteiger partial charge on any atom is 0.335 e. The van der Waals surface area contributed by atoms with Gasteiger partial charge in [0.1, 0.15) is 12.1 Å². The molecule has 23 heteroatoms. The minimum Gasteiger partial charge on any atom is -0.356 e. The van der Waals surface area contributed by atoms with Gasteiger partial charge in [0.15, 0.2) is 0 Å². The molecule has 0 bridgehead atoms. The Morgan fingerprint density at radius 2 is 1.28 bits per heavy atom. The molecule has 19 nitrogen and oxygen atoms in total. The van der Waals surface area contributed by atoms with Crippen LogP contribution in [0.2, 0.25) is 0 Å². The number of hydrogen-bond donors (Lipinski definition) is 3. The Balaban J connectivity index is 1.93. The maximum absolute atomic E-state index is 13.2. The van der Waals surface area contributed by atoms with Crippen LogP contribution in [0.15, 0.2) is 10.2 Å². The number of amides is 5. The van der Waals surface area contributed by atoms with E-state index in [1.54, 1.807) is 0 Å². The lowest BCUT2D eigenvalue weighted by molar-refractivity contribution is -0.197. The average Bonchev–Trinajstić information content (AvgIpc) is 3.78. The van der Waals surface area contributed by atoms with Crippen molar-refractivity contribution in [1.82, 2.24) is 21.0 Å². The highest BCUT2D eigenvalue weighted by Crippen LogP contribution is 2.36. The third-order valence-corrected chi connectivity index (χ3v) is 12.7. The predicted octanol–water partition coefficient (Wildman–Crippen LogP) is 4.12. The van der Waals surface area contributed by atoms with Crippen LogP contribution in [0.5, 0.6) is 0 Å². The topological polar surface area (TPSA) is 283 Å². The zero-order valence-corrected chi connectivity index (χ0v) is 33.1. The van der Waals surface area contributed by atoms with Crippen LogP contribution >= 0.6 is 45.1 Å². The molecule has 0 aromatic carbocycles. The summed E-state index contributed by atoms with van der Waals surface area (Å²) in [5, 5.41) is 13.9. The first kappa shape index (κ1) is 46.5. The zero-order valence-electron chi connectivity index (χ0n) is 29.8. The van der Waals surface area contributed by atoms with Crippen LogP contribution in [-0.4, -0.2) is 106 Å². The van der Waals surface area contributed by atoms with Crippen LogP contribution < -0.4 is 16.0 Å². The van der Waals surface area contributed by atoms with Crippen molar-refractivity contribution in [1.29, 1.82) is 0 Å². The summed E-state index contributed by atoms with van der Waals surface area (Å²) >= 11 is 1.54. The first-order chi connectivity index (χ1) is 26.0. The van der Waals surface area contributed by atoms with Crippen molar-refractivity contribution in [2.24, 2.45) is 16.1 Å². The highest BCUT2D eigenvalue weighted by atomic mass is 33.1. The summed E-state index contributed by atoms with van der Waals surface area (Å²) in [6.07, 6.45) is 3.29. The van der Waals surface area contributed by atoms with E-state index in [9.17, 15) is 38.4 Å². The molecule has 5 amide bonds. The fourth-order valence-corrected chi connectivity index (χ4v) is 9.72. The number of carbonyl (C=O) groups is 8. The first-order valence-corrected chi connectivity index (χ1v) is 22.0. The number of nitrogens with one attached hydrogen (secondary N) is 3. The van der Waals surface area contributed by atoms with Gasteiger partial charge in [0.25, 0.3) is 11.8 Å². The Morgan fingerprint density at radius 3 is 1.80 bits per heavy atom. The fourth-order valence-electron chi connectivity index (χ4n) is 4.94. The summed E-state index contributed by atoms with van der Waals surface area (Å²) in [5.74, 6) is -0.832. The third kappa shape index (κ3) is 20.2. The quantitative estimate of drug-likeness (QED) is 0.0263. The lowest BCUT2D eigenvalue weighted by Crippen LogP contribution is -2.43. The molecule has 2 unspecified atom stereocenters. The number of hydroxylamine groups is 2. The van der Waals surface area contributed by atoms with Crippen LogP contribution in [0.4, 0.5) is 0 Å². The van der Waals surface area contributed by atoms with Gasteiger partial charge in [-0.3, -0.25) is 33.6 Å². The first-order valence-electron chi connectivity index (χ1n) is 17.5. The van der Waals surface area contributed by atoms with Gasteiger partial charge in [-0.15, -0.1) is 5.06 Å². The molecular formula is C31H46N10O9S4. The van der Waals surface area contributed by atoms with Crippen molar-refractivity contribution in [3.63, 3.8) is 0 Å². The summed E-state index contributed by atoms with van der Waals surface area (Å²) < 4.78 is 0. The maximum atomic E-state index is 13.2. The summed E-state index contributed by atoms with van der Waals surface area (Å²) in [4.78, 5) is 111. The lowest BCUT2D eigenvalue weighted by Gasteiger charge is -2.19. The van der Waals surface area contributed by atoms with Crippen LogP contribution in [0, 0.1) is 5.92 Å². The van der Waals surface area contributed by atoms with Gasteiger partial charge < -0.3 is 20.8 Å². The minimum atomic E-state index is -1.38. The molecule has 2 aliphatic rings. The Bertz CT molecular complexity index is 1410. The molecule has 298 valence electrons. The molecule has 0 aromatic rings. The highest BCUT2D eigenvalue weighted by Gasteiger charge is 2.34. The van der Waals surface area contributed by atoms with E-state index in [0.717, 1.165) is 54.3 Å². The molecule has 2 saturated heterocycles. The molecule has 0 spiro atoms. The second-order valence-electron chi connectivity index (χ2n) is 12.1. The Labute approximate surface area is 329 Å². The summed E-state index contributed by atoms with van der Waals surface area (Å²) in [6, 6.07) is -2.52. The normalized spacial score (nSPS) is 15.1. The molecule has 2 aliphatic heterocycles. The summed E-state index contributed by atoms with van der Waals surface area (Å²) in [5.41, 5.74) is 16.8. The van der Waals surface area contributed by atoms with Crippen LogP contribution in [-0.2, 0) is 43.2 Å². The standard InChI is InChI=1S/C31H46N10O9S4/c32-39-35-13-5-2-8-24(42)37-22(17-26(44)34-12-4-1-7-21-19-53-54-20-21)30(48)51-15-16-52-31(49)23(38-25(43)9-3-6-14-36-40-33)18-29(47)50-41-27(45)10-11-28(41)46/h21-23H,1-20H2,(H,34,44)(H,37,42)(H,38,43). The lowest BCUT2D eigenvalue weighted by atomic mass is 10.1. The van der Waals surface area contributed by atoms with E-state index in [1.807, 2.05) is 21.6 Å². The number of carbonyl (C=O) groups excluding carboxylic acids is 8. The van der Waals surface area contributed by atoms with Crippen molar-refractivity contribution in [2.75, 3.05) is 42.6 Å². The van der Waals surface area contributed by atoms with Crippen LogP contribution in [0.25, 0.3) is 20.9 Å². The summed E-state index contributed by atoms with van der Waals surface area (Å²) in [6.45, 7) is 0.842. The Kier molecular flexibility index (Phi) is 24.0. The molecule has 2 heterocycles. The molecular weight excluding hydrogens is 785 g/mol. The zero-order chi connectivity index (χ0) is 39.6. The molecule has 3 N–H and O–H groups in total. The van der Waals surface area contributed by atoms with Crippen molar-refractivity contribution in [3.05, 3.63) is 20.9 Å². The van der Waals surface area contributed by atoms with E-state index in [-0.39, 0.29) is 56.7 Å². The van der Waals surface area contributed by atoms with Crippen molar-refractivity contribution < 1.29 is 43.2 Å². The van der Waals surface area contributed by atoms with Gasteiger partial charge in [0.05, 0.1) is 12.8 Å². The van der Waals surface area contributed by atoms with E-state index in [0.29, 0.717) is 43.2 Å². The summed E-state index contributed by atoms with van der Waals surface area (Å²) in [7, 11) is 3.75. The second-order valence-corrected chi connectivity index (χ2v) is 16.9. The van der Waals surface area contributed by atoms with Gasteiger partial charge in [0, 0.05) is 78.2 Å². The number of rotatable bonds is 27. The molecule has 0 aromatic heterocycles. The predicted molar refractivity (Wildman–Crippen MR) is 206 cm³/mol. The van der Waals surface area contributed by atoms with Gasteiger partial charge >= 0.3 is 5.97 Å². The highest BCUT2D eigenvalue weighted by molar-refractivity contribution is 8.77.